The molecule has 1 amide bonds. The Bertz CT molecular complexity index is 515. The molecule has 6 heteroatoms. The summed E-state index contributed by atoms with van der Waals surface area (Å²) in [6, 6.07) is 7.81. The molecular formula is C15H21N3O2S. The standard InChI is InChI=1S/C15H21N3O2S/c1-17(11-14(19)18-5-7-20-8-6-18)10-12-3-2-4-13(9-12)15(16)21/h2-4,9H,5-8,10-11H2,1H3,(H2,16,21). The van der Waals surface area contributed by atoms with E-state index in [9.17, 15) is 4.79 Å². The van der Waals surface area contributed by atoms with Crippen LogP contribution in [0.2, 0.25) is 0 Å². The number of carbonyl (C=O) groups excluding carboxylic acids is 1. The predicted molar refractivity (Wildman–Crippen MR) is 86.1 cm³/mol. The van der Waals surface area contributed by atoms with Crippen molar-refractivity contribution in [1.82, 2.24) is 9.80 Å². The van der Waals surface area contributed by atoms with Crippen LogP contribution in [0.15, 0.2) is 24.3 Å². The maximum Gasteiger partial charge on any atom is 0.236 e. The molecule has 0 atom stereocenters. The van der Waals surface area contributed by atoms with E-state index < -0.39 is 0 Å². The van der Waals surface area contributed by atoms with E-state index in [1.807, 2.05) is 41.1 Å². The first-order valence-corrected chi connectivity index (χ1v) is 7.40. The third kappa shape index (κ3) is 4.77. The van der Waals surface area contributed by atoms with Crippen LogP contribution in [-0.4, -0.2) is 60.6 Å². The SMILES string of the molecule is CN(CC(=O)N1CCOCC1)Cc1cccc(C(N)=S)c1. The molecule has 0 aliphatic carbocycles. The monoisotopic (exact) mass is 307 g/mol. The lowest BCUT2D eigenvalue weighted by molar-refractivity contribution is -0.136. The van der Waals surface area contributed by atoms with Crippen molar-refractivity contribution in [2.45, 2.75) is 6.54 Å². The molecule has 1 saturated heterocycles. The van der Waals surface area contributed by atoms with Crippen molar-refractivity contribution in [2.75, 3.05) is 39.9 Å². The maximum atomic E-state index is 12.2. The number of benzene rings is 1. The fraction of sp³-hybridized carbons (Fsp3) is 0.467. The first kappa shape index (κ1) is 15.9. The molecule has 21 heavy (non-hydrogen) atoms. The van der Waals surface area contributed by atoms with Crippen LogP contribution in [0, 0.1) is 0 Å². The van der Waals surface area contributed by atoms with Crippen LogP contribution >= 0.6 is 12.2 Å². The number of amides is 1. The van der Waals surface area contributed by atoms with Crippen molar-refractivity contribution in [2.24, 2.45) is 5.73 Å². The number of nitrogens with two attached hydrogens (primary N) is 1. The fourth-order valence-corrected chi connectivity index (χ4v) is 2.46. The highest BCUT2D eigenvalue weighted by atomic mass is 32.1. The lowest BCUT2D eigenvalue weighted by Gasteiger charge is -2.28. The molecule has 0 aromatic heterocycles. The van der Waals surface area contributed by atoms with Gasteiger partial charge < -0.3 is 15.4 Å². The summed E-state index contributed by atoms with van der Waals surface area (Å²) < 4.78 is 5.25. The summed E-state index contributed by atoms with van der Waals surface area (Å²) in [5.74, 6) is 0.145. The third-order valence-corrected chi connectivity index (χ3v) is 3.67. The number of rotatable bonds is 5. The Kier molecular flexibility index (Phi) is 5.67. The molecule has 1 aliphatic heterocycles. The van der Waals surface area contributed by atoms with Gasteiger partial charge in [-0.05, 0) is 18.7 Å². The van der Waals surface area contributed by atoms with Gasteiger partial charge in [0.05, 0.1) is 19.8 Å². The minimum absolute atomic E-state index is 0.145. The quantitative estimate of drug-likeness (QED) is 0.808. The minimum atomic E-state index is 0.145. The van der Waals surface area contributed by atoms with Crippen LogP contribution in [0.3, 0.4) is 0 Å². The Morgan fingerprint density at radius 2 is 2.14 bits per heavy atom. The lowest BCUT2D eigenvalue weighted by atomic mass is 10.1. The summed E-state index contributed by atoms with van der Waals surface area (Å²) in [5.41, 5.74) is 7.59. The largest absolute Gasteiger partial charge is 0.389 e. The molecular weight excluding hydrogens is 286 g/mol. The smallest absolute Gasteiger partial charge is 0.236 e. The summed E-state index contributed by atoms with van der Waals surface area (Å²) >= 11 is 4.98. The Morgan fingerprint density at radius 1 is 1.43 bits per heavy atom. The molecule has 1 fully saturated rings. The topological polar surface area (TPSA) is 58.8 Å². The van der Waals surface area contributed by atoms with Crippen LogP contribution in [0.25, 0.3) is 0 Å². The van der Waals surface area contributed by atoms with Crippen molar-refractivity contribution >= 4 is 23.1 Å². The van der Waals surface area contributed by atoms with Gasteiger partial charge in [-0.25, -0.2) is 0 Å². The van der Waals surface area contributed by atoms with Gasteiger partial charge in [-0.1, -0.05) is 30.4 Å². The van der Waals surface area contributed by atoms with Crippen LogP contribution < -0.4 is 5.73 Å². The van der Waals surface area contributed by atoms with Crippen molar-refractivity contribution in [3.05, 3.63) is 35.4 Å². The van der Waals surface area contributed by atoms with Crippen LogP contribution in [0.5, 0.6) is 0 Å². The first-order valence-electron chi connectivity index (χ1n) is 6.99. The molecule has 0 saturated carbocycles. The minimum Gasteiger partial charge on any atom is -0.389 e. The number of hydrogen-bond donors (Lipinski definition) is 1. The summed E-state index contributed by atoms with van der Waals surface area (Å²) in [6.45, 7) is 3.72. The average Bonchev–Trinajstić information content (AvgIpc) is 2.48. The Morgan fingerprint density at radius 3 is 2.81 bits per heavy atom. The molecule has 2 N–H and O–H groups in total. The molecule has 1 aromatic carbocycles. The number of hydrogen-bond acceptors (Lipinski definition) is 4. The van der Waals surface area contributed by atoms with Gasteiger partial charge in [0.1, 0.15) is 4.99 Å². The zero-order chi connectivity index (χ0) is 15.2. The Balaban J connectivity index is 1.88. The number of thiocarbonyl (C=S) groups is 1. The van der Waals surface area contributed by atoms with Crippen molar-refractivity contribution in [3.63, 3.8) is 0 Å². The molecule has 0 spiro atoms. The van der Waals surface area contributed by atoms with Gasteiger partial charge in [0.15, 0.2) is 0 Å². The summed E-state index contributed by atoms with van der Waals surface area (Å²) in [6.07, 6.45) is 0. The summed E-state index contributed by atoms with van der Waals surface area (Å²) in [4.78, 5) is 16.4. The van der Waals surface area contributed by atoms with Gasteiger partial charge >= 0.3 is 0 Å². The molecule has 1 heterocycles. The number of ether oxygens (including phenoxy) is 1. The van der Waals surface area contributed by atoms with Gasteiger partial charge in [0.25, 0.3) is 0 Å². The average molecular weight is 307 g/mol. The van der Waals surface area contributed by atoms with Gasteiger partial charge in [0, 0.05) is 25.2 Å². The predicted octanol–water partition coefficient (Wildman–Crippen LogP) is 0.611. The van der Waals surface area contributed by atoms with E-state index in [4.69, 9.17) is 22.7 Å². The van der Waals surface area contributed by atoms with E-state index in [-0.39, 0.29) is 5.91 Å². The second kappa shape index (κ2) is 7.49. The normalized spacial score (nSPS) is 15.2. The zero-order valence-corrected chi connectivity index (χ0v) is 13.1. The number of nitrogens with zero attached hydrogens (tertiary/aromatic N) is 2. The van der Waals surface area contributed by atoms with Crippen molar-refractivity contribution < 1.29 is 9.53 Å². The molecule has 5 nitrogen and oxygen atoms in total. The molecule has 2 rings (SSSR count). The molecule has 1 aliphatic rings. The van der Waals surface area contributed by atoms with Crippen molar-refractivity contribution in [1.29, 1.82) is 0 Å². The fourth-order valence-electron chi connectivity index (χ4n) is 2.33. The summed E-state index contributed by atoms with van der Waals surface area (Å²) in [7, 11) is 1.94. The molecule has 0 bridgehead atoms. The molecule has 1 aromatic rings. The van der Waals surface area contributed by atoms with E-state index >= 15 is 0 Å². The van der Waals surface area contributed by atoms with Crippen LogP contribution in [0.4, 0.5) is 0 Å². The second-order valence-corrected chi connectivity index (χ2v) is 5.67. The summed E-state index contributed by atoms with van der Waals surface area (Å²) in [5, 5.41) is 0. The number of likely N-dealkylation sites (N-methyl/N-ethyl adjacent to an activating group) is 1. The van der Waals surface area contributed by atoms with E-state index in [0.29, 0.717) is 44.4 Å². The van der Waals surface area contributed by atoms with E-state index in [1.165, 1.54) is 0 Å². The highest BCUT2D eigenvalue weighted by Crippen LogP contribution is 2.08. The zero-order valence-electron chi connectivity index (χ0n) is 12.2. The van der Waals surface area contributed by atoms with Crippen molar-refractivity contribution in [3.8, 4) is 0 Å². The number of morpholine rings is 1. The van der Waals surface area contributed by atoms with Gasteiger partial charge in [-0.3, -0.25) is 9.69 Å². The number of carbonyl (C=O) groups is 1. The first-order chi connectivity index (χ1) is 10.1. The van der Waals surface area contributed by atoms with E-state index in [1.54, 1.807) is 0 Å². The highest BCUT2D eigenvalue weighted by molar-refractivity contribution is 7.80. The molecule has 114 valence electrons. The van der Waals surface area contributed by atoms with Gasteiger partial charge in [-0.15, -0.1) is 0 Å². The van der Waals surface area contributed by atoms with Gasteiger partial charge in [-0.2, -0.15) is 0 Å². The maximum absolute atomic E-state index is 12.2. The Labute approximate surface area is 130 Å². The third-order valence-electron chi connectivity index (χ3n) is 3.43. The van der Waals surface area contributed by atoms with Gasteiger partial charge in [0.2, 0.25) is 5.91 Å². The van der Waals surface area contributed by atoms with Crippen LogP contribution in [0.1, 0.15) is 11.1 Å². The Hall–Kier alpha value is -1.50. The van der Waals surface area contributed by atoms with Crippen LogP contribution in [-0.2, 0) is 16.1 Å². The second-order valence-electron chi connectivity index (χ2n) is 5.23. The highest BCUT2D eigenvalue weighted by Gasteiger charge is 2.18. The molecule has 0 unspecified atom stereocenters. The van der Waals surface area contributed by atoms with E-state index in [0.717, 1.165) is 11.1 Å². The van der Waals surface area contributed by atoms with E-state index in [2.05, 4.69) is 0 Å². The lowest BCUT2D eigenvalue weighted by Crippen LogP contribution is -2.44. The molecule has 0 radical (unpaired) electrons.